The lowest BCUT2D eigenvalue weighted by molar-refractivity contribution is 0.774. The standard InChI is InChI=1S/C16H16BrClN2/c17-15-8-14(9-18)16(19-10-15)20-7-6-13(11-20)12-4-2-1-3-5-12/h1-5,8,10,13H,6-7,9,11H2. The van der Waals surface area contributed by atoms with Crippen LogP contribution < -0.4 is 4.90 Å². The summed E-state index contributed by atoms with van der Waals surface area (Å²) >= 11 is 9.50. The van der Waals surface area contributed by atoms with E-state index < -0.39 is 0 Å². The number of alkyl halides is 1. The zero-order valence-electron chi connectivity index (χ0n) is 11.1. The van der Waals surface area contributed by atoms with Crippen molar-refractivity contribution in [1.82, 2.24) is 4.98 Å². The molecule has 20 heavy (non-hydrogen) atoms. The molecule has 4 heteroatoms. The Balaban J connectivity index is 1.81. The van der Waals surface area contributed by atoms with Crippen molar-refractivity contribution in [2.45, 2.75) is 18.2 Å². The van der Waals surface area contributed by atoms with Crippen molar-refractivity contribution < 1.29 is 0 Å². The molecule has 104 valence electrons. The van der Waals surface area contributed by atoms with E-state index in [1.54, 1.807) is 0 Å². The molecule has 1 unspecified atom stereocenters. The quantitative estimate of drug-likeness (QED) is 0.753. The van der Waals surface area contributed by atoms with Crippen molar-refractivity contribution in [2.24, 2.45) is 0 Å². The lowest BCUT2D eigenvalue weighted by atomic mass is 9.99. The average molecular weight is 352 g/mol. The van der Waals surface area contributed by atoms with Gasteiger partial charge in [0.2, 0.25) is 0 Å². The van der Waals surface area contributed by atoms with Crippen molar-refractivity contribution in [1.29, 1.82) is 0 Å². The molecule has 2 aromatic rings. The van der Waals surface area contributed by atoms with Gasteiger partial charge in [0.05, 0.1) is 5.88 Å². The van der Waals surface area contributed by atoms with Gasteiger partial charge in [-0.1, -0.05) is 30.3 Å². The van der Waals surface area contributed by atoms with Crippen LogP contribution in [0.25, 0.3) is 0 Å². The van der Waals surface area contributed by atoms with E-state index in [0.29, 0.717) is 11.8 Å². The summed E-state index contributed by atoms with van der Waals surface area (Å²) in [6, 6.07) is 12.8. The average Bonchev–Trinajstić information content (AvgIpc) is 2.97. The number of rotatable bonds is 3. The normalized spacial score (nSPS) is 18.5. The highest BCUT2D eigenvalue weighted by molar-refractivity contribution is 9.10. The van der Waals surface area contributed by atoms with E-state index in [2.05, 4.69) is 62.2 Å². The van der Waals surface area contributed by atoms with Crippen molar-refractivity contribution in [2.75, 3.05) is 18.0 Å². The second-order valence-electron chi connectivity index (χ2n) is 5.11. The number of hydrogen-bond acceptors (Lipinski definition) is 2. The fourth-order valence-electron chi connectivity index (χ4n) is 2.81. The minimum Gasteiger partial charge on any atom is -0.356 e. The van der Waals surface area contributed by atoms with Gasteiger partial charge >= 0.3 is 0 Å². The molecule has 1 atom stereocenters. The molecule has 0 radical (unpaired) electrons. The van der Waals surface area contributed by atoms with Crippen molar-refractivity contribution in [3.8, 4) is 0 Å². The third-order valence-corrected chi connectivity index (χ3v) is 4.53. The molecule has 1 saturated heterocycles. The Bertz CT molecular complexity index is 588. The molecule has 1 fully saturated rings. The molecule has 1 aromatic carbocycles. The van der Waals surface area contributed by atoms with E-state index >= 15 is 0 Å². The largest absolute Gasteiger partial charge is 0.356 e. The van der Waals surface area contributed by atoms with E-state index in [0.717, 1.165) is 28.9 Å². The van der Waals surface area contributed by atoms with Gasteiger partial charge in [-0.3, -0.25) is 0 Å². The van der Waals surface area contributed by atoms with Crippen LogP contribution in [-0.2, 0) is 5.88 Å². The summed E-state index contributed by atoms with van der Waals surface area (Å²) in [5.74, 6) is 2.11. The SMILES string of the molecule is ClCc1cc(Br)cnc1N1CCC(c2ccccc2)C1. The molecule has 2 nitrogen and oxygen atoms in total. The van der Waals surface area contributed by atoms with Crippen LogP contribution in [0.4, 0.5) is 5.82 Å². The molecule has 0 spiro atoms. The van der Waals surface area contributed by atoms with Gasteiger partial charge in [-0.05, 0) is 34.0 Å². The summed E-state index contributed by atoms with van der Waals surface area (Å²) in [6.45, 7) is 2.06. The van der Waals surface area contributed by atoms with E-state index in [1.165, 1.54) is 12.0 Å². The van der Waals surface area contributed by atoms with Gasteiger partial charge in [-0.15, -0.1) is 11.6 Å². The molecule has 0 N–H and O–H groups in total. The van der Waals surface area contributed by atoms with Crippen molar-refractivity contribution in [3.05, 3.63) is 58.2 Å². The second-order valence-corrected chi connectivity index (χ2v) is 6.30. The summed E-state index contributed by atoms with van der Waals surface area (Å²) in [5.41, 5.74) is 2.51. The first-order chi connectivity index (χ1) is 9.78. The molecule has 1 aliphatic heterocycles. The highest BCUT2D eigenvalue weighted by Crippen LogP contribution is 2.32. The van der Waals surface area contributed by atoms with E-state index in [-0.39, 0.29) is 0 Å². The van der Waals surface area contributed by atoms with Gasteiger partial charge in [0.15, 0.2) is 0 Å². The molecule has 0 amide bonds. The van der Waals surface area contributed by atoms with Gasteiger partial charge in [-0.25, -0.2) is 4.98 Å². The Hall–Kier alpha value is -1.06. The first-order valence-electron chi connectivity index (χ1n) is 6.78. The molecular weight excluding hydrogens is 336 g/mol. The molecule has 1 aromatic heterocycles. The third kappa shape index (κ3) is 2.84. The second kappa shape index (κ2) is 6.15. The van der Waals surface area contributed by atoms with Gasteiger partial charge in [-0.2, -0.15) is 0 Å². The number of anilines is 1. The first-order valence-corrected chi connectivity index (χ1v) is 8.11. The number of halogens is 2. The molecule has 0 aliphatic carbocycles. The van der Waals surface area contributed by atoms with Crippen LogP contribution in [0.2, 0.25) is 0 Å². The van der Waals surface area contributed by atoms with Crippen LogP contribution in [-0.4, -0.2) is 18.1 Å². The predicted molar refractivity (Wildman–Crippen MR) is 87.5 cm³/mol. The van der Waals surface area contributed by atoms with Gasteiger partial charge < -0.3 is 4.90 Å². The lowest BCUT2D eigenvalue weighted by Crippen LogP contribution is -2.21. The monoisotopic (exact) mass is 350 g/mol. The summed E-state index contributed by atoms with van der Waals surface area (Å²) in [5, 5.41) is 0. The number of aromatic nitrogens is 1. The molecule has 1 aliphatic rings. The minimum absolute atomic E-state index is 0.494. The Morgan fingerprint density at radius 2 is 2.10 bits per heavy atom. The van der Waals surface area contributed by atoms with Gasteiger partial charge in [0.1, 0.15) is 5.82 Å². The fourth-order valence-corrected chi connectivity index (χ4v) is 3.38. The summed E-state index contributed by atoms with van der Waals surface area (Å²) in [7, 11) is 0. The third-order valence-electron chi connectivity index (χ3n) is 3.81. The van der Waals surface area contributed by atoms with Crippen LogP contribution in [0.5, 0.6) is 0 Å². The maximum absolute atomic E-state index is 6.05. The maximum Gasteiger partial charge on any atom is 0.133 e. The number of nitrogens with zero attached hydrogens (tertiary/aromatic N) is 2. The molecule has 0 saturated carbocycles. The number of benzene rings is 1. The van der Waals surface area contributed by atoms with Crippen LogP contribution in [0, 0.1) is 0 Å². The highest BCUT2D eigenvalue weighted by Gasteiger charge is 2.26. The van der Waals surface area contributed by atoms with Crippen LogP contribution in [0.1, 0.15) is 23.5 Å². The highest BCUT2D eigenvalue weighted by atomic mass is 79.9. The molecule has 3 rings (SSSR count). The summed E-state index contributed by atoms with van der Waals surface area (Å²) < 4.78 is 0.982. The summed E-state index contributed by atoms with van der Waals surface area (Å²) in [6.07, 6.45) is 3.02. The Kier molecular flexibility index (Phi) is 4.27. The topological polar surface area (TPSA) is 16.1 Å². The molecule has 2 heterocycles. The Labute approximate surface area is 132 Å². The fraction of sp³-hybridized carbons (Fsp3) is 0.312. The van der Waals surface area contributed by atoms with Crippen LogP contribution in [0.3, 0.4) is 0 Å². The Morgan fingerprint density at radius 1 is 1.30 bits per heavy atom. The maximum atomic E-state index is 6.05. The van der Waals surface area contributed by atoms with Crippen LogP contribution >= 0.6 is 27.5 Å². The zero-order valence-corrected chi connectivity index (χ0v) is 13.4. The van der Waals surface area contributed by atoms with E-state index in [4.69, 9.17) is 11.6 Å². The van der Waals surface area contributed by atoms with Crippen LogP contribution in [0.15, 0.2) is 47.1 Å². The molecular formula is C16H16BrClN2. The lowest BCUT2D eigenvalue weighted by Gasteiger charge is -2.20. The number of hydrogen-bond donors (Lipinski definition) is 0. The van der Waals surface area contributed by atoms with Gasteiger partial charge in [0.25, 0.3) is 0 Å². The van der Waals surface area contributed by atoms with E-state index in [1.807, 2.05) is 6.20 Å². The first kappa shape index (κ1) is 13.9. The summed E-state index contributed by atoms with van der Waals surface area (Å²) in [4.78, 5) is 6.90. The van der Waals surface area contributed by atoms with Gasteiger partial charge in [0, 0.05) is 35.2 Å². The number of pyridine rings is 1. The smallest absolute Gasteiger partial charge is 0.133 e. The minimum atomic E-state index is 0.494. The van der Waals surface area contributed by atoms with Crippen molar-refractivity contribution in [3.63, 3.8) is 0 Å². The Morgan fingerprint density at radius 3 is 2.85 bits per heavy atom. The zero-order chi connectivity index (χ0) is 13.9. The van der Waals surface area contributed by atoms with Crippen molar-refractivity contribution >= 4 is 33.3 Å². The molecule has 0 bridgehead atoms. The predicted octanol–water partition coefficient (Wildman–Crippen LogP) is 4.58. The van der Waals surface area contributed by atoms with E-state index in [9.17, 15) is 0 Å².